The molecule has 0 atom stereocenters. The third-order valence-corrected chi connectivity index (χ3v) is 6.30. The second kappa shape index (κ2) is 7.90. The molecule has 5 nitrogen and oxygen atoms in total. The van der Waals surface area contributed by atoms with Crippen molar-refractivity contribution >= 4 is 63.7 Å². The number of hydrogen-bond donors (Lipinski definition) is 0. The van der Waals surface area contributed by atoms with Gasteiger partial charge >= 0.3 is 0 Å². The van der Waals surface area contributed by atoms with Crippen molar-refractivity contribution in [1.82, 2.24) is 19.1 Å². The Morgan fingerprint density at radius 1 is 0.630 bits per heavy atom. The van der Waals surface area contributed by atoms with Crippen LogP contribution in [-0.4, -0.2) is 19.1 Å². The highest BCUT2D eigenvalue weighted by Gasteiger charge is 2.14. The maximum Gasteiger partial charge on any atom is 0.143 e. The van der Waals surface area contributed by atoms with E-state index in [1.54, 1.807) is 25.0 Å². The van der Waals surface area contributed by atoms with E-state index in [-0.39, 0.29) is 0 Å². The molecule has 0 saturated carbocycles. The normalized spacial score (nSPS) is 11.0. The van der Waals surface area contributed by atoms with E-state index in [4.69, 9.17) is 4.74 Å². The monoisotopic (exact) mass is 614 g/mol. The number of hydrogen-bond acceptors (Lipinski definition) is 3. The number of ether oxygens (including phenoxy) is 1. The maximum absolute atomic E-state index is 6.22. The molecular weight excluding hydrogens is 608 g/mol. The van der Waals surface area contributed by atoms with Gasteiger partial charge in [-0.15, -0.1) is 0 Å². The van der Waals surface area contributed by atoms with Gasteiger partial charge in [0, 0.05) is 45.9 Å². The Morgan fingerprint density at radius 3 is 1.44 bits per heavy atom. The van der Waals surface area contributed by atoms with E-state index < -0.39 is 0 Å². The van der Waals surface area contributed by atoms with Gasteiger partial charge in [-0.1, -0.05) is 0 Å². The number of halogens is 4. The molecule has 0 saturated heterocycles. The van der Waals surface area contributed by atoms with E-state index in [0.717, 1.165) is 29.3 Å². The van der Waals surface area contributed by atoms with Crippen molar-refractivity contribution < 1.29 is 4.74 Å². The summed E-state index contributed by atoms with van der Waals surface area (Å²) in [4.78, 5) is 8.22. The number of nitrogens with zero attached hydrogens (tertiary/aromatic N) is 4. The molecule has 0 bridgehead atoms. The first-order chi connectivity index (χ1) is 13.0. The minimum atomic E-state index is 0.682. The topological polar surface area (TPSA) is 44.9 Å². The van der Waals surface area contributed by atoms with Crippen molar-refractivity contribution in [1.29, 1.82) is 0 Å². The molecule has 0 aliphatic carbocycles. The lowest BCUT2D eigenvalue weighted by Crippen LogP contribution is -1.97. The molecule has 0 amide bonds. The summed E-state index contributed by atoms with van der Waals surface area (Å²) in [5.41, 5.74) is 1.85. The Morgan fingerprint density at radius 2 is 1.07 bits per heavy atom. The largest absolute Gasteiger partial charge is 0.455 e. The molecule has 2 heterocycles. The van der Waals surface area contributed by atoms with Gasteiger partial charge in [0.25, 0.3) is 0 Å². The molecule has 0 N–H and O–H groups in total. The summed E-state index contributed by atoms with van der Waals surface area (Å²) in [7, 11) is 0. The Bertz CT molecular complexity index is 1010. The van der Waals surface area contributed by atoms with Crippen LogP contribution in [0, 0.1) is 0 Å². The van der Waals surface area contributed by atoms with Crippen LogP contribution in [-0.2, 0) is 0 Å². The van der Waals surface area contributed by atoms with Gasteiger partial charge in [0.05, 0.1) is 33.0 Å². The van der Waals surface area contributed by atoms with Gasteiger partial charge in [-0.05, 0) is 75.9 Å². The standard InChI is InChI=1S/C18H10Br4N4O/c19-11-5-13(21)17(7-15(11)25-3-1-23-9-25)27-18-8-16(12(20)6-14(18)22)26-4-2-24-10-26/h1-10H. The smallest absolute Gasteiger partial charge is 0.143 e. The first kappa shape index (κ1) is 18.9. The highest BCUT2D eigenvalue weighted by molar-refractivity contribution is 9.11. The lowest BCUT2D eigenvalue weighted by Gasteiger charge is -2.15. The van der Waals surface area contributed by atoms with Crippen LogP contribution < -0.4 is 4.74 Å². The fraction of sp³-hybridized carbons (Fsp3) is 0. The van der Waals surface area contributed by atoms with E-state index in [1.165, 1.54) is 0 Å². The van der Waals surface area contributed by atoms with E-state index in [0.29, 0.717) is 11.5 Å². The fourth-order valence-electron chi connectivity index (χ4n) is 2.51. The zero-order valence-corrected chi connectivity index (χ0v) is 19.8. The molecule has 0 spiro atoms. The second-order valence-corrected chi connectivity index (χ2v) is 8.93. The van der Waals surface area contributed by atoms with Crippen molar-refractivity contribution in [3.63, 3.8) is 0 Å². The first-order valence-corrected chi connectivity index (χ1v) is 10.8. The Kier molecular flexibility index (Phi) is 5.54. The van der Waals surface area contributed by atoms with E-state index in [9.17, 15) is 0 Å². The minimum absolute atomic E-state index is 0.682. The average Bonchev–Trinajstić information content (AvgIpc) is 3.33. The first-order valence-electron chi connectivity index (χ1n) is 7.65. The fourth-order valence-corrected chi connectivity index (χ4v) is 5.07. The summed E-state index contributed by atoms with van der Waals surface area (Å²) in [6, 6.07) is 7.80. The lowest BCUT2D eigenvalue weighted by molar-refractivity contribution is 0.476. The summed E-state index contributed by atoms with van der Waals surface area (Å²) in [6.45, 7) is 0. The summed E-state index contributed by atoms with van der Waals surface area (Å²) in [5.74, 6) is 1.36. The van der Waals surface area contributed by atoms with Crippen LogP contribution in [0.3, 0.4) is 0 Å². The van der Waals surface area contributed by atoms with Gasteiger partial charge < -0.3 is 13.9 Å². The maximum atomic E-state index is 6.22. The third-order valence-electron chi connectivity index (χ3n) is 3.79. The molecule has 4 aromatic rings. The van der Waals surface area contributed by atoms with E-state index in [2.05, 4.69) is 73.7 Å². The van der Waals surface area contributed by atoms with Crippen molar-refractivity contribution in [3.8, 4) is 22.9 Å². The minimum Gasteiger partial charge on any atom is -0.455 e. The van der Waals surface area contributed by atoms with Gasteiger partial charge in [-0.2, -0.15) is 0 Å². The van der Waals surface area contributed by atoms with Gasteiger partial charge in [-0.25, -0.2) is 9.97 Å². The highest BCUT2D eigenvalue weighted by Crippen LogP contribution is 2.40. The molecular formula is C18H10Br4N4O. The summed E-state index contributed by atoms with van der Waals surface area (Å²) >= 11 is 14.3. The van der Waals surface area contributed by atoms with Crippen LogP contribution in [0.25, 0.3) is 11.4 Å². The SMILES string of the molecule is Brc1cc(Br)c(-n2ccnc2)cc1Oc1cc(-n2ccnc2)c(Br)cc1Br. The third kappa shape index (κ3) is 3.91. The molecule has 4 rings (SSSR count). The Hall–Kier alpha value is -1.42. The molecule has 27 heavy (non-hydrogen) atoms. The molecule has 136 valence electrons. The van der Waals surface area contributed by atoms with Gasteiger partial charge in [-0.3, -0.25) is 0 Å². The molecule has 0 unspecified atom stereocenters. The predicted octanol–water partition coefficient (Wildman–Crippen LogP) is 6.90. The lowest BCUT2D eigenvalue weighted by atomic mass is 10.2. The molecule has 0 aliphatic heterocycles. The highest BCUT2D eigenvalue weighted by atomic mass is 79.9. The molecule has 9 heteroatoms. The number of rotatable bonds is 4. The van der Waals surface area contributed by atoms with Crippen LogP contribution in [0.1, 0.15) is 0 Å². The molecule has 2 aromatic carbocycles. The number of aromatic nitrogens is 4. The summed E-state index contributed by atoms with van der Waals surface area (Å²) in [5, 5.41) is 0. The summed E-state index contributed by atoms with van der Waals surface area (Å²) in [6.07, 6.45) is 10.7. The van der Waals surface area contributed by atoms with Crippen molar-refractivity contribution in [3.05, 3.63) is 79.6 Å². The average molecular weight is 618 g/mol. The number of benzene rings is 2. The van der Waals surface area contributed by atoms with Crippen LogP contribution >= 0.6 is 63.7 Å². The van der Waals surface area contributed by atoms with Gasteiger partial charge in [0.15, 0.2) is 0 Å². The summed E-state index contributed by atoms with van der Waals surface area (Å²) < 4.78 is 13.6. The quantitative estimate of drug-likeness (QED) is 0.250. The van der Waals surface area contributed by atoms with Crippen LogP contribution in [0.15, 0.2) is 79.6 Å². The van der Waals surface area contributed by atoms with Crippen molar-refractivity contribution in [2.45, 2.75) is 0 Å². The van der Waals surface area contributed by atoms with E-state index in [1.807, 2.05) is 45.8 Å². The predicted molar refractivity (Wildman–Crippen MR) is 118 cm³/mol. The molecule has 0 aliphatic rings. The van der Waals surface area contributed by atoms with Crippen LogP contribution in [0.4, 0.5) is 0 Å². The Balaban J connectivity index is 1.76. The Labute approximate surface area is 188 Å². The van der Waals surface area contributed by atoms with Gasteiger partial charge in [0.1, 0.15) is 11.5 Å². The molecule has 2 aromatic heterocycles. The molecule has 0 fully saturated rings. The van der Waals surface area contributed by atoms with Gasteiger partial charge in [0.2, 0.25) is 0 Å². The second-order valence-electron chi connectivity index (χ2n) is 5.51. The zero-order chi connectivity index (χ0) is 19.0. The van der Waals surface area contributed by atoms with Crippen LogP contribution in [0.5, 0.6) is 11.5 Å². The van der Waals surface area contributed by atoms with E-state index >= 15 is 0 Å². The van der Waals surface area contributed by atoms with Crippen molar-refractivity contribution in [2.24, 2.45) is 0 Å². The van der Waals surface area contributed by atoms with Crippen LogP contribution in [0.2, 0.25) is 0 Å². The molecule has 0 radical (unpaired) electrons. The zero-order valence-electron chi connectivity index (χ0n) is 13.5. The number of imidazole rings is 2. The van der Waals surface area contributed by atoms with Crippen molar-refractivity contribution in [2.75, 3.05) is 0 Å².